The van der Waals surface area contributed by atoms with Gasteiger partial charge in [0.15, 0.2) is 0 Å². The molecule has 0 aliphatic carbocycles. The normalized spacial score (nSPS) is 22.7. The van der Waals surface area contributed by atoms with Gasteiger partial charge in [-0.3, -0.25) is 10.1 Å². The third-order valence-corrected chi connectivity index (χ3v) is 4.88. The number of hydrogen-bond donors (Lipinski definition) is 0. The minimum Gasteiger partial charge on any atom is -0.258 e. The summed E-state index contributed by atoms with van der Waals surface area (Å²) in [5.41, 5.74) is 1.74. The Kier molecular flexibility index (Phi) is 3.58. The first-order chi connectivity index (χ1) is 8.58. The molecule has 0 N–H and O–H groups in total. The van der Waals surface area contributed by atoms with Crippen molar-refractivity contribution in [3.8, 4) is 6.07 Å². The molecule has 0 aromatic heterocycles. The molecular weight excluding hydrogens is 248 g/mol. The summed E-state index contributed by atoms with van der Waals surface area (Å²) in [5.74, 6) is 1.00. The summed E-state index contributed by atoms with van der Waals surface area (Å²) >= 11 is 1.68. The van der Waals surface area contributed by atoms with Gasteiger partial charge in [0.25, 0.3) is 5.69 Å². The van der Waals surface area contributed by atoms with Crippen LogP contribution in [0.4, 0.5) is 5.69 Å². The summed E-state index contributed by atoms with van der Waals surface area (Å²) in [6.07, 6.45) is 2.52. The Bertz CT molecular complexity index is 516. The number of thioether (sulfide) groups is 1. The Morgan fingerprint density at radius 3 is 2.94 bits per heavy atom. The maximum atomic E-state index is 10.9. The molecule has 0 spiro atoms. The van der Waals surface area contributed by atoms with Gasteiger partial charge in [0.1, 0.15) is 4.75 Å². The van der Waals surface area contributed by atoms with Crippen molar-refractivity contribution in [1.29, 1.82) is 5.26 Å². The lowest BCUT2D eigenvalue weighted by Crippen LogP contribution is -2.22. The van der Waals surface area contributed by atoms with Crippen LogP contribution in [0.5, 0.6) is 0 Å². The third kappa shape index (κ3) is 2.34. The fourth-order valence-corrected chi connectivity index (χ4v) is 3.62. The fraction of sp³-hybridized carbons (Fsp3) is 0.462. The minimum absolute atomic E-state index is 0.142. The Morgan fingerprint density at radius 2 is 2.39 bits per heavy atom. The first kappa shape index (κ1) is 12.9. The van der Waals surface area contributed by atoms with Gasteiger partial charge in [-0.2, -0.15) is 5.26 Å². The van der Waals surface area contributed by atoms with E-state index in [1.54, 1.807) is 24.8 Å². The highest BCUT2D eigenvalue weighted by Crippen LogP contribution is 2.41. The number of hydrogen-bond acceptors (Lipinski definition) is 4. The molecule has 0 saturated carbocycles. The van der Waals surface area contributed by atoms with Crippen LogP contribution in [-0.4, -0.2) is 15.4 Å². The molecule has 1 fully saturated rings. The van der Waals surface area contributed by atoms with Gasteiger partial charge in [-0.1, -0.05) is 12.1 Å². The predicted octanol–water partition coefficient (Wildman–Crippen LogP) is 3.24. The van der Waals surface area contributed by atoms with Crippen LogP contribution in [0.15, 0.2) is 18.2 Å². The van der Waals surface area contributed by atoms with Gasteiger partial charge >= 0.3 is 0 Å². The van der Waals surface area contributed by atoms with Gasteiger partial charge in [-0.05, 0) is 31.1 Å². The molecular formula is C13H14N2O2S. The van der Waals surface area contributed by atoms with Crippen molar-refractivity contribution in [3.05, 3.63) is 39.4 Å². The Balaban J connectivity index is 2.32. The number of nitrogens with zero attached hydrogens (tertiary/aromatic N) is 2. The van der Waals surface area contributed by atoms with Crippen LogP contribution in [0, 0.1) is 28.4 Å². The molecule has 1 aromatic carbocycles. The average molecular weight is 262 g/mol. The molecule has 94 valence electrons. The highest BCUT2D eigenvalue weighted by Gasteiger charge is 2.35. The van der Waals surface area contributed by atoms with Crippen molar-refractivity contribution in [3.63, 3.8) is 0 Å². The second kappa shape index (κ2) is 4.99. The first-order valence-electron chi connectivity index (χ1n) is 5.86. The topological polar surface area (TPSA) is 66.9 Å². The lowest BCUT2D eigenvalue weighted by molar-refractivity contribution is -0.385. The highest BCUT2D eigenvalue weighted by molar-refractivity contribution is 8.01. The second-order valence-corrected chi connectivity index (χ2v) is 6.03. The standard InChI is InChI=1S/C13H14N2O2S/c1-10-11(4-2-5-12(10)15(16)17)8-13(9-14)6-3-7-18-13/h2,4-5H,3,6-8H2,1H3. The SMILES string of the molecule is Cc1c(CC2(C#N)CCCS2)cccc1[N+](=O)[O-]. The highest BCUT2D eigenvalue weighted by atomic mass is 32.2. The van der Waals surface area contributed by atoms with Gasteiger partial charge in [0.05, 0.1) is 11.0 Å². The zero-order chi connectivity index (χ0) is 13.2. The van der Waals surface area contributed by atoms with E-state index in [0.29, 0.717) is 12.0 Å². The van der Waals surface area contributed by atoms with Gasteiger partial charge in [0, 0.05) is 18.1 Å². The molecule has 1 heterocycles. The van der Waals surface area contributed by atoms with Crippen molar-refractivity contribution in [2.24, 2.45) is 0 Å². The van der Waals surface area contributed by atoms with E-state index in [-0.39, 0.29) is 15.4 Å². The van der Waals surface area contributed by atoms with Crippen molar-refractivity contribution in [2.45, 2.75) is 30.9 Å². The maximum Gasteiger partial charge on any atom is 0.272 e. The summed E-state index contributed by atoms with van der Waals surface area (Å²) in [4.78, 5) is 10.5. The molecule has 0 amide bonds. The lowest BCUT2D eigenvalue weighted by atomic mass is 9.92. The van der Waals surface area contributed by atoms with Crippen LogP contribution in [0.3, 0.4) is 0 Å². The van der Waals surface area contributed by atoms with Crippen molar-refractivity contribution >= 4 is 17.4 Å². The summed E-state index contributed by atoms with van der Waals surface area (Å²) in [5, 5.41) is 20.2. The third-order valence-electron chi connectivity index (χ3n) is 3.40. The van der Waals surface area contributed by atoms with Crippen LogP contribution in [0.2, 0.25) is 0 Å². The number of nitriles is 1. The molecule has 0 radical (unpaired) electrons. The largest absolute Gasteiger partial charge is 0.272 e. The van der Waals surface area contributed by atoms with E-state index in [2.05, 4.69) is 6.07 Å². The molecule has 1 aliphatic heterocycles. The first-order valence-corrected chi connectivity index (χ1v) is 6.85. The molecule has 1 saturated heterocycles. The van der Waals surface area contributed by atoms with E-state index in [0.717, 1.165) is 24.2 Å². The van der Waals surface area contributed by atoms with E-state index in [1.807, 2.05) is 6.07 Å². The van der Waals surface area contributed by atoms with Gasteiger partial charge < -0.3 is 0 Å². The smallest absolute Gasteiger partial charge is 0.258 e. The van der Waals surface area contributed by atoms with Gasteiger partial charge in [-0.25, -0.2) is 0 Å². The van der Waals surface area contributed by atoms with Crippen LogP contribution >= 0.6 is 11.8 Å². The molecule has 18 heavy (non-hydrogen) atoms. The van der Waals surface area contributed by atoms with E-state index in [1.165, 1.54) is 6.07 Å². The van der Waals surface area contributed by atoms with E-state index in [9.17, 15) is 15.4 Å². The minimum atomic E-state index is -0.389. The molecule has 1 atom stereocenters. The van der Waals surface area contributed by atoms with Crippen LogP contribution in [0.1, 0.15) is 24.0 Å². The fourth-order valence-electron chi connectivity index (χ4n) is 2.33. The molecule has 4 nitrogen and oxygen atoms in total. The van der Waals surface area contributed by atoms with Crippen LogP contribution < -0.4 is 0 Å². The maximum absolute atomic E-state index is 10.9. The van der Waals surface area contributed by atoms with Gasteiger partial charge in [0.2, 0.25) is 0 Å². The molecule has 1 aliphatic rings. The van der Waals surface area contributed by atoms with E-state index in [4.69, 9.17) is 0 Å². The summed E-state index contributed by atoms with van der Waals surface area (Å²) in [6.45, 7) is 1.76. The lowest BCUT2D eigenvalue weighted by Gasteiger charge is -2.20. The van der Waals surface area contributed by atoms with Gasteiger partial charge in [-0.15, -0.1) is 11.8 Å². The number of nitro benzene ring substituents is 1. The summed E-state index contributed by atoms with van der Waals surface area (Å²) in [6, 6.07) is 7.50. The van der Waals surface area contributed by atoms with Crippen LogP contribution in [0.25, 0.3) is 0 Å². The van der Waals surface area contributed by atoms with Crippen molar-refractivity contribution in [2.75, 3.05) is 5.75 Å². The summed E-state index contributed by atoms with van der Waals surface area (Å²) in [7, 11) is 0. The predicted molar refractivity (Wildman–Crippen MR) is 71.6 cm³/mol. The number of nitro groups is 1. The quantitative estimate of drug-likeness (QED) is 0.619. The Hall–Kier alpha value is -1.54. The average Bonchev–Trinajstić information content (AvgIpc) is 2.81. The van der Waals surface area contributed by atoms with Crippen molar-refractivity contribution < 1.29 is 4.92 Å². The summed E-state index contributed by atoms with van der Waals surface area (Å²) < 4.78 is -0.389. The van der Waals surface area contributed by atoms with Crippen LogP contribution in [-0.2, 0) is 6.42 Å². The molecule has 1 aromatic rings. The molecule has 0 bridgehead atoms. The van der Waals surface area contributed by atoms with E-state index >= 15 is 0 Å². The Labute approximate surface area is 110 Å². The van der Waals surface area contributed by atoms with Crippen molar-refractivity contribution in [1.82, 2.24) is 0 Å². The zero-order valence-corrected chi connectivity index (χ0v) is 11.0. The number of rotatable bonds is 3. The number of benzene rings is 1. The molecule has 2 rings (SSSR count). The Morgan fingerprint density at radius 1 is 1.61 bits per heavy atom. The second-order valence-electron chi connectivity index (χ2n) is 4.55. The zero-order valence-electron chi connectivity index (χ0n) is 10.2. The monoisotopic (exact) mass is 262 g/mol. The molecule has 1 unspecified atom stereocenters. The van der Waals surface area contributed by atoms with E-state index < -0.39 is 0 Å². The molecule has 5 heteroatoms.